The number of hydrogen-bond acceptors (Lipinski definition) is 6. The van der Waals surface area contributed by atoms with Crippen molar-refractivity contribution >= 4 is 5.82 Å². The zero-order valence-corrected chi connectivity index (χ0v) is 9.65. The zero-order valence-electron chi connectivity index (χ0n) is 9.65. The predicted octanol–water partition coefficient (Wildman–Crippen LogP) is -1.20. The van der Waals surface area contributed by atoms with Gasteiger partial charge in [-0.15, -0.1) is 0 Å². The first kappa shape index (κ1) is 12.9. The van der Waals surface area contributed by atoms with Gasteiger partial charge in [0.05, 0.1) is 6.61 Å². The molecule has 2 rings (SSSR count). The molecule has 1 aromatic rings. The molecule has 0 radical (unpaired) electrons. The second-order valence-corrected chi connectivity index (χ2v) is 4.41. The van der Waals surface area contributed by atoms with E-state index < -0.39 is 36.4 Å². The highest BCUT2D eigenvalue weighted by Crippen LogP contribution is 2.37. The largest absolute Gasteiger partial charge is 0.393 e. The second-order valence-electron chi connectivity index (χ2n) is 4.41. The van der Waals surface area contributed by atoms with Gasteiger partial charge in [0.1, 0.15) is 17.5 Å². The highest BCUT2D eigenvalue weighted by atomic mass is 19.1. The van der Waals surface area contributed by atoms with Crippen LogP contribution in [0.2, 0.25) is 0 Å². The van der Waals surface area contributed by atoms with Crippen LogP contribution in [0.3, 0.4) is 0 Å². The molecule has 100 valence electrons. The number of nitrogens with zero attached hydrogens (tertiary/aromatic N) is 2. The Bertz CT molecular complexity index is 508. The molecular weight excluding hydrogens is 245 g/mol. The van der Waals surface area contributed by atoms with Crippen LogP contribution in [0.15, 0.2) is 17.1 Å². The van der Waals surface area contributed by atoms with Gasteiger partial charge in [-0.1, -0.05) is 0 Å². The van der Waals surface area contributed by atoms with Crippen LogP contribution in [-0.4, -0.2) is 44.2 Å². The van der Waals surface area contributed by atoms with Crippen molar-refractivity contribution in [2.45, 2.75) is 31.0 Å². The van der Waals surface area contributed by atoms with E-state index >= 15 is 0 Å². The van der Waals surface area contributed by atoms with E-state index in [2.05, 4.69) is 4.98 Å². The Morgan fingerprint density at radius 1 is 1.72 bits per heavy atom. The van der Waals surface area contributed by atoms with Gasteiger partial charge >= 0.3 is 5.69 Å². The summed E-state index contributed by atoms with van der Waals surface area (Å²) in [6.45, 7) is 0.794. The van der Waals surface area contributed by atoms with Crippen molar-refractivity contribution in [2.24, 2.45) is 0 Å². The Morgan fingerprint density at radius 3 is 2.89 bits per heavy atom. The van der Waals surface area contributed by atoms with Crippen LogP contribution in [0.5, 0.6) is 0 Å². The standard InChI is InChI=1S/C10H14FN3O4/c1-10(4-15)7(16)6(11)8(18-10)14-3-2-5(12)13-9(14)17/h2-3,6-8,15-16H,4H2,1H3,(H2,12,13,17)/t6-,7-,8+,10+/m0/s1. The van der Waals surface area contributed by atoms with Crippen LogP contribution in [0.25, 0.3) is 0 Å². The molecule has 0 bridgehead atoms. The molecule has 0 aliphatic carbocycles. The zero-order chi connectivity index (χ0) is 13.5. The molecule has 1 fully saturated rings. The maximum absolute atomic E-state index is 13.9. The Labute approximate surface area is 102 Å². The van der Waals surface area contributed by atoms with Crippen LogP contribution < -0.4 is 11.4 Å². The van der Waals surface area contributed by atoms with E-state index in [1.54, 1.807) is 0 Å². The Kier molecular flexibility index (Phi) is 3.09. The molecule has 0 aromatic carbocycles. The van der Waals surface area contributed by atoms with Crippen LogP contribution in [0.1, 0.15) is 13.2 Å². The molecule has 1 aliphatic heterocycles. The van der Waals surface area contributed by atoms with E-state index in [0.717, 1.165) is 4.57 Å². The minimum absolute atomic E-state index is 0.00937. The number of aliphatic hydroxyl groups is 2. The smallest absolute Gasteiger partial charge is 0.351 e. The number of alkyl halides is 1. The Balaban J connectivity index is 2.38. The van der Waals surface area contributed by atoms with Crippen molar-refractivity contribution in [1.82, 2.24) is 9.55 Å². The number of nitrogen functional groups attached to an aromatic ring is 1. The van der Waals surface area contributed by atoms with E-state index in [1.807, 2.05) is 0 Å². The van der Waals surface area contributed by atoms with E-state index in [-0.39, 0.29) is 5.82 Å². The molecule has 2 heterocycles. The highest BCUT2D eigenvalue weighted by Gasteiger charge is 2.53. The average Bonchev–Trinajstić information content (AvgIpc) is 2.55. The monoisotopic (exact) mass is 259 g/mol. The van der Waals surface area contributed by atoms with E-state index in [0.29, 0.717) is 0 Å². The van der Waals surface area contributed by atoms with Gasteiger partial charge in [-0.3, -0.25) is 4.57 Å². The third-order valence-corrected chi connectivity index (χ3v) is 3.03. The number of nitrogens with two attached hydrogens (primary N) is 1. The lowest BCUT2D eigenvalue weighted by molar-refractivity contribution is -0.117. The summed E-state index contributed by atoms with van der Waals surface area (Å²) in [5.74, 6) is 0.00937. The normalized spacial score (nSPS) is 35.9. The molecule has 1 aliphatic rings. The molecule has 1 saturated heterocycles. The summed E-state index contributed by atoms with van der Waals surface area (Å²) in [6.07, 6.45) is -3.47. The number of halogens is 1. The summed E-state index contributed by atoms with van der Waals surface area (Å²) in [4.78, 5) is 15.0. The molecule has 0 unspecified atom stereocenters. The minimum Gasteiger partial charge on any atom is -0.393 e. The number of anilines is 1. The maximum Gasteiger partial charge on any atom is 0.351 e. The molecule has 0 saturated carbocycles. The molecule has 0 amide bonds. The number of ether oxygens (including phenoxy) is 1. The fourth-order valence-corrected chi connectivity index (χ4v) is 1.86. The van der Waals surface area contributed by atoms with Crippen molar-refractivity contribution in [3.63, 3.8) is 0 Å². The molecule has 18 heavy (non-hydrogen) atoms. The summed E-state index contributed by atoms with van der Waals surface area (Å²) < 4.78 is 20.1. The predicted molar refractivity (Wildman–Crippen MR) is 59.4 cm³/mol. The van der Waals surface area contributed by atoms with Gasteiger partial charge in [0.25, 0.3) is 0 Å². The SMILES string of the molecule is C[C@]1(CO)O[C@@H](n2ccc(N)nc2=O)[C@@H](F)[C@@H]1O. The van der Waals surface area contributed by atoms with Crippen LogP contribution in [0.4, 0.5) is 10.2 Å². The van der Waals surface area contributed by atoms with Crippen molar-refractivity contribution < 1.29 is 19.3 Å². The minimum atomic E-state index is -1.84. The summed E-state index contributed by atoms with van der Waals surface area (Å²) in [6, 6.07) is 1.32. The van der Waals surface area contributed by atoms with Crippen molar-refractivity contribution in [3.8, 4) is 0 Å². The summed E-state index contributed by atoms with van der Waals surface area (Å²) in [5, 5.41) is 18.8. The molecule has 4 N–H and O–H groups in total. The fraction of sp³-hybridized carbons (Fsp3) is 0.600. The topological polar surface area (TPSA) is 111 Å². The number of rotatable bonds is 2. The van der Waals surface area contributed by atoms with E-state index in [1.165, 1.54) is 19.2 Å². The molecule has 0 spiro atoms. The molecule has 8 heteroatoms. The van der Waals surface area contributed by atoms with Crippen molar-refractivity contribution in [3.05, 3.63) is 22.7 Å². The van der Waals surface area contributed by atoms with Crippen molar-refractivity contribution in [1.29, 1.82) is 0 Å². The summed E-state index contributed by atoms with van der Waals surface area (Å²) in [7, 11) is 0. The van der Waals surface area contributed by atoms with Gasteiger partial charge < -0.3 is 20.7 Å². The van der Waals surface area contributed by atoms with Gasteiger partial charge in [-0.05, 0) is 13.0 Å². The molecule has 1 aromatic heterocycles. The molecular formula is C10H14FN3O4. The van der Waals surface area contributed by atoms with Gasteiger partial charge in [0.15, 0.2) is 12.4 Å². The van der Waals surface area contributed by atoms with Gasteiger partial charge in [-0.2, -0.15) is 4.98 Å². The Morgan fingerprint density at radius 2 is 2.39 bits per heavy atom. The third-order valence-electron chi connectivity index (χ3n) is 3.03. The number of aromatic nitrogens is 2. The first-order chi connectivity index (χ1) is 8.39. The third kappa shape index (κ3) is 1.88. The lowest BCUT2D eigenvalue weighted by Crippen LogP contribution is -2.42. The quantitative estimate of drug-likeness (QED) is 0.615. The second kappa shape index (κ2) is 4.30. The lowest BCUT2D eigenvalue weighted by atomic mass is 9.99. The highest BCUT2D eigenvalue weighted by molar-refractivity contribution is 5.23. The van der Waals surface area contributed by atoms with Crippen molar-refractivity contribution in [2.75, 3.05) is 12.3 Å². The van der Waals surface area contributed by atoms with E-state index in [9.17, 15) is 14.3 Å². The van der Waals surface area contributed by atoms with E-state index in [4.69, 9.17) is 15.6 Å². The van der Waals surface area contributed by atoms with Crippen LogP contribution in [-0.2, 0) is 4.74 Å². The van der Waals surface area contributed by atoms with Crippen LogP contribution in [0, 0.1) is 0 Å². The first-order valence-corrected chi connectivity index (χ1v) is 5.34. The fourth-order valence-electron chi connectivity index (χ4n) is 1.86. The van der Waals surface area contributed by atoms with Gasteiger partial charge in [0, 0.05) is 6.20 Å². The van der Waals surface area contributed by atoms with Crippen LogP contribution >= 0.6 is 0 Å². The maximum atomic E-state index is 13.9. The summed E-state index contributed by atoms with van der Waals surface area (Å²) >= 11 is 0. The molecule has 7 nitrogen and oxygen atoms in total. The first-order valence-electron chi connectivity index (χ1n) is 5.34. The average molecular weight is 259 g/mol. The summed E-state index contributed by atoms with van der Waals surface area (Å²) in [5.41, 5.74) is 3.09. The van der Waals surface area contributed by atoms with Gasteiger partial charge in [0.2, 0.25) is 0 Å². The Hall–Kier alpha value is -1.51. The number of aliphatic hydroxyl groups excluding tert-OH is 2. The lowest BCUT2D eigenvalue weighted by Gasteiger charge is -2.24. The number of hydrogen-bond donors (Lipinski definition) is 3. The molecule has 4 atom stereocenters. The van der Waals surface area contributed by atoms with Gasteiger partial charge in [-0.25, -0.2) is 9.18 Å².